The van der Waals surface area contributed by atoms with E-state index in [2.05, 4.69) is 61.5 Å². The molecule has 1 heteroatoms. The Hall–Kier alpha value is -1.60. The summed E-state index contributed by atoms with van der Waals surface area (Å²) in [5.41, 5.74) is 4.08. The fourth-order valence-electron chi connectivity index (χ4n) is 2.40. The van der Waals surface area contributed by atoms with Crippen molar-refractivity contribution in [1.82, 2.24) is 0 Å². The smallest absolute Gasteiger partial charge is 0.0954 e. The molecule has 1 atom stereocenters. The van der Waals surface area contributed by atoms with E-state index in [9.17, 15) is 0 Å². The van der Waals surface area contributed by atoms with Crippen LogP contribution in [-0.2, 0) is 11.2 Å². The van der Waals surface area contributed by atoms with Crippen LogP contribution in [0.25, 0.3) is 11.1 Å². The van der Waals surface area contributed by atoms with E-state index in [0.29, 0.717) is 0 Å². The standard InChI is InChI=1S/C17H18O/c1-2-17(13-18-17)12-14-7-6-10-16(11-14)15-8-4-3-5-9-15/h3-11H,2,12-13H2,1H3. The molecule has 0 N–H and O–H groups in total. The first-order valence-electron chi connectivity index (χ1n) is 6.60. The van der Waals surface area contributed by atoms with Gasteiger partial charge in [0, 0.05) is 6.42 Å². The maximum atomic E-state index is 5.59. The first-order chi connectivity index (χ1) is 8.81. The van der Waals surface area contributed by atoms with Gasteiger partial charge in [0.1, 0.15) is 0 Å². The van der Waals surface area contributed by atoms with E-state index in [1.165, 1.54) is 16.7 Å². The maximum absolute atomic E-state index is 5.59. The van der Waals surface area contributed by atoms with Gasteiger partial charge in [-0.05, 0) is 23.1 Å². The normalized spacial score (nSPS) is 21.8. The molecule has 0 aliphatic carbocycles. The van der Waals surface area contributed by atoms with E-state index in [0.717, 1.165) is 19.4 Å². The fourth-order valence-corrected chi connectivity index (χ4v) is 2.40. The van der Waals surface area contributed by atoms with E-state index in [-0.39, 0.29) is 5.60 Å². The Morgan fingerprint density at radius 1 is 1.00 bits per heavy atom. The zero-order valence-electron chi connectivity index (χ0n) is 10.7. The van der Waals surface area contributed by atoms with Gasteiger partial charge in [0.05, 0.1) is 12.2 Å². The highest BCUT2D eigenvalue weighted by Gasteiger charge is 2.42. The van der Waals surface area contributed by atoms with Crippen LogP contribution in [0.2, 0.25) is 0 Å². The molecule has 1 aliphatic rings. The van der Waals surface area contributed by atoms with Crippen LogP contribution in [0.15, 0.2) is 54.6 Å². The van der Waals surface area contributed by atoms with Gasteiger partial charge in [0.2, 0.25) is 0 Å². The van der Waals surface area contributed by atoms with Gasteiger partial charge in [0.25, 0.3) is 0 Å². The summed E-state index contributed by atoms with van der Waals surface area (Å²) in [5, 5.41) is 0. The van der Waals surface area contributed by atoms with Crippen molar-refractivity contribution in [3.8, 4) is 11.1 Å². The summed E-state index contributed by atoms with van der Waals surface area (Å²) < 4.78 is 5.59. The van der Waals surface area contributed by atoms with Crippen molar-refractivity contribution in [1.29, 1.82) is 0 Å². The molecule has 0 bridgehead atoms. The summed E-state index contributed by atoms with van der Waals surface area (Å²) >= 11 is 0. The van der Waals surface area contributed by atoms with Crippen LogP contribution in [0, 0.1) is 0 Å². The van der Waals surface area contributed by atoms with E-state index in [4.69, 9.17) is 4.74 Å². The van der Waals surface area contributed by atoms with Crippen LogP contribution in [0.5, 0.6) is 0 Å². The summed E-state index contributed by atoms with van der Waals surface area (Å²) in [6.07, 6.45) is 2.13. The van der Waals surface area contributed by atoms with Gasteiger partial charge >= 0.3 is 0 Å². The zero-order chi connectivity index (χ0) is 12.4. The van der Waals surface area contributed by atoms with Crippen molar-refractivity contribution in [2.75, 3.05) is 6.61 Å². The summed E-state index contributed by atoms with van der Waals surface area (Å²) in [6, 6.07) is 19.3. The van der Waals surface area contributed by atoms with Gasteiger partial charge in [-0.2, -0.15) is 0 Å². The van der Waals surface area contributed by atoms with Gasteiger partial charge in [-0.25, -0.2) is 0 Å². The third-order valence-electron chi connectivity index (χ3n) is 3.76. The molecule has 0 spiro atoms. The number of hydrogen-bond donors (Lipinski definition) is 0. The summed E-state index contributed by atoms with van der Waals surface area (Å²) in [5.74, 6) is 0. The molecule has 1 fully saturated rings. The lowest BCUT2D eigenvalue weighted by atomic mass is 9.95. The molecule has 3 rings (SSSR count). The molecule has 0 amide bonds. The molecule has 1 nitrogen and oxygen atoms in total. The molecule has 1 heterocycles. The van der Waals surface area contributed by atoms with Gasteiger partial charge in [-0.1, -0.05) is 61.5 Å². The monoisotopic (exact) mass is 238 g/mol. The van der Waals surface area contributed by atoms with Crippen molar-refractivity contribution in [3.63, 3.8) is 0 Å². The Kier molecular flexibility index (Phi) is 2.92. The summed E-state index contributed by atoms with van der Waals surface area (Å²) in [4.78, 5) is 0. The predicted octanol–water partition coefficient (Wildman–Crippen LogP) is 4.08. The van der Waals surface area contributed by atoms with Crippen molar-refractivity contribution in [3.05, 3.63) is 60.2 Å². The Bertz CT molecular complexity index is 526. The predicted molar refractivity (Wildman–Crippen MR) is 74.6 cm³/mol. The minimum Gasteiger partial charge on any atom is -0.369 e. The van der Waals surface area contributed by atoms with Gasteiger partial charge < -0.3 is 4.74 Å². The molecule has 0 radical (unpaired) electrons. The van der Waals surface area contributed by atoms with Crippen LogP contribution in [0.1, 0.15) is 18.9 Å². The van der Waals surface area contributed by atoms with E-state index in [1.54, 1.807) is 0 Å². The number of rotatable bonds is 4. The van der Waals surface area contributed by atoms with Crippen molar-refractivity contribution in [2.45, 2.75) is 25.4 Å². The van der Waals surface area contributed by atoms with Gasteiger partial charge in [-0.3, -0.25) is 0 Å². The second-order valence-corrected chi connectivity index (χ2v) is 5.07. The van der Waals surface area contributed by atoms with Crippen LogP contribution in [-0.4, -0.2) is 12.2 Å². The molecule has 92 valence electrons. The molecule has 2 aromatic rings. The van der Waals surface area contributed by atoms with Crippen LogP contribution >= 0.6 is 0 Å². The molecule has 1 unspecified atom stereocenters. The first-order valence-corrected chi connectivity index (χ1v) is 6.60. The minimum atomic E-state index is 0.134. The third-order valence-corrected chi connectivity index (χ3v) is 3.76. The number of ether oxygens (including phenoxy) is 1. The quantitative estimate of drug-likeness (QED) is 0.731. The molecule has 1 aliphatic heterocycles. The Morgan fingerprint density at radius 3 is 2.39 bits per heavy atom. The fraction of sp³-hybridized carbons (Fsp3) is 0.294. The SMILES string of the molecule is CCC1(Cc2cccc(-c3ccccc3)c2)CO1. The maximum Gasteiger partial charge on any atom is 0.0954 e. The highest BCUT2D eigenvalue weighted by Crippen LogP contribution is 2.35. The van der Waals surface area contributed by atoms with E-state index in [1.807, 2.05) is 0 Å². The molecule has 2 aromatic carbocycles. The molecule has 1 saturated heterocycles. The number of benzene rings is 2. The second-order valence-electron chi connectivity index (χ2n) is 5.07. The Morgan fingerprint density at radius 2 is 1.72 bits per heavy atom. The average Bonchev–Trinajstić information content (AvgIpc) is 3.20. The zero-order valence-corrected chi connectivity index (χ0v) is 10.7. The topological polar surface area (TPSA) is 12.5 Å². The van der Waals surface area contributed by atoms with E-state index >= 15 is 0 Å². The molecular weight excluding hydrogens is 220 g/mol. The van der Waals surface area contributed by atoms with Gasteiger partial charge in [0.15, 0.2) is 0 Å². The third kappa shape index (κ3) is 2.32. The Labute approximate surface area is 108 Å². The minimum absolute atomic E-state index is 0.134. The lowest BCUT2D eigenvalue weighted by molar-refractivity contribution is 0.294. The van der Waals surface area contributed by atoms with Crippen molar-refractivity contribution in [2.24, 2.45) is 0 Å². The van der Waals surface area contributed by atoms with Gasteiger partial charge in [-0.15, -0.1) is 0 Å². The lowest BCUT2D eigenvalue weighted by Gasteiger charge is -2.10. The summed E-state index contributed by atoms with van der Waals surface area (Å²) in [7, 11) is 0. The first kappa shape index (κ1) is 11.5. The van der Waals surface area contributed by atoms with Crippen LogP contribution in [0.4, 0.5) is 0 Å². The summed E-state index contributed by atoms with van der Waals surface area (Å²) in [6.45, 7) is 3.12. The highest BCUT2D eigenvalue weighted by atomic mass is 16.6. The highest BCUT2D eigenvalue weighted by molar-refractivity contribution is 5.64. The lowest BCUT2D eigenvalue weighted by Crippen LogP contribution is -2.12. The average molecular weight is 238 g/mol. The van der Waals surface area contributed by atoms with Crippen LogP contribution in [0.3, 0.4) is 0 Å². The van der Waals surface area contributed by atoms with Crippen molar-refractivity contribution < 1.29 is 4.74 Å². The Balaban J connectivity index is 1.86. The number of hydrogen-bond acceptors (Lipinski definition) is 1. The molecule has 18 heavy (non-hydrogen) atoms. The number of epoxide rings is 1. The van der Waals surface area contributed by atoms with E-state index < -0.39 is 0 Å². The van der Waals surface area contributed by atoms with Crippen molar-refractivity contribution >= 4 is 0 Å². The largest absolute Gasteiger partial charge is 0.369 e. The second kappa shape index (κ2) is 4.58. The molecule has 0 saturated carbocycles. The van der Waals surface area contributed by atoms with Crippen LogP contribution < -0.4 is 0 Å². The molecular formula is C17H18O. The molecule has 0 aromatic heterocycles.